The lowest BCUT2D eigenvalue weighted by atomic mass is 9.97. The van der Waals surface area contributed by atoms with Gasteiger partial charge in [-0.05, 0) is 55.0 Å². The average Bonchev–Trinajstić information content (AvgIpc) is 3.38. The van der Waals surface area contributed by atoms with E-state index in [0.29, 0.717) is 18.5 Å². The number of nitrogens with one attached hydrogen (secondary N) is 2. The maximum atomic E-state index is 13.3. The second kappa shape index (κ2) is 6.90. The van der Waals surface area contributed by atoms with E-state index in [4.69, 9.17) is 0 Å². The van der Waals surface area contributed by atoms with Crippen molar-refractivity contribution in [3.8, 4) is 0 Å². The van der Waals surface area contributed by atoms with Crippen LogP contribution in [0.4, 0.5) is 15.8 Å². The summed E-state index contributed by atoms with van der Waals surface area (Å²) in [4.78, 5) is 25.5. The molecule has 0 saturated heterocycles. The van der Waals surface area contributed by atoms with E-state index in [9.17, 15) is 14.0 Å². The van der Waals surface area contributed by atoms with Gasteiger partial charge in [-0.3, -0.25) is 9.59 Å². The van der Waals surface area contributed by atoms with Crippen LogP contribution in [0.5, 0.6) is 0 Å². The summed E-state index contributed by atoms with van der Waals surface area (Å²) in [5.41, 5.74) is 2.05. The molecular formula is C21H23FN2O2. The third-order valence-electron chi connectivity index (χ3n) is 4.87. The van der Waals surface area contributed by atoms with E-state index in [1.807, 2.05) is 25.1 Å². The predicted octanol–water partition coefficient (Wildman–Crippen LogP) is 4.61. The molecule has 26 heavy (non-hydrogen) atoms. The molecule has 4 nitrogen and oxygen atoms in total. The lowest BCUT2D eigenvalue weighted by Gasteiger charge is -2.20. The van der Waals surface area contributed by atoms with Crippen LogP contribution in [0.2, 0.25) is 0 Å². The van der Waals surface area contributed by atoms with Gasteiger partial charge in [0.15, 0.2) is 0 Å². The van der Waals surface area contributed by atoms with Crippen LogP contribution in [0.3, 0.4) is 0 Å². The third kappa shape index (κ3) is 3.47. The molecule has 0 aromatic heterocycles. The van der Waals surface area contributed by atoms with E-state index < -0.39 is 11.2 Å². The number of para-hydroxylation sites is 1. The number of amides is 2. The quantitative estimate of drug-likeness (QED) is 0.770. The summed E-state index contributed by atoms with van der Waals surface area (Å²) >= 11 is 0. The minimum atomic E-state index is -1.08. The summed E-state index contributed by atoms with van der Waals surface area (Å²) in [6.45, 7) is 6.07. The number of halogens is 1. The number of anilines is 2. The Morgan fingerprint density at radius 1 is 1.04 bits per heavy atom. The standard InChI is InChI=1S/C21H23FN2O2/c1-13(2)17-9-4-6-14(3)18(17)24-20(26)21(10-11-21)19(25)23-16-8-5-7-15(22)12-16/h4-9,12-13H,10-11H2,1-3H3,(H,23,25)(H,24,26). The molecular weight excluding hydrogens is 331 g/mol. The Morgan fingerprint density at radius 3 is 2.31 bits per heavy atom. The van der Waals surface area contributed by atoms with E-state index in [0.717, 1.165) is 16.8 Å². The zero-order chi connectivity index (χ0) is 18.9. The molecule has 0 heterocycles. The fraction of sp³-hybridized carbons (Fsp3) is 0.333. The zero-order valence-corrected chi connectivity index (χ0v) is 15.2. The number of carbonyl (C=O) groups excluding carboxylic acids is 2. The lowest BCUT2D eigenvalue weighted by molar-refractivity contribution is -0.131. The summed E-state index contributed by atoms with van der Waals surface area (Å²) in [7, 11) is 0. The molecule has 3 rings (SSSR count). The largest absolute Gasteiger partial charge is 0.325 e. The summed E-state index contributed by atoms with van der Waals surface area (Å²) in [6.07, 6.45) is 0.978. The molecule has 2 aromatic carbocycles. The Labute approximate surface area is 152 Å². The van der Waals surface area contributed by atoms with Gasteiger partial charge in [0, 0.05) is 11.4 Å². The summed E-state index contributed by atoms with van der Waals surface area (Å²) < 4.78 is 13.3. The SMILES string of the molecule is Cc1cccc(C(C)C)c1NC(=O)C1(C(=O)Nc2cccc(F)c2)CC1. The molecule has 1 aliphatic rings. The van der Waals surface area contributed by atoms with Crippen LogP contribution in [-0.4, -0.2) is 11.8 Å². The number of carbonyl (C=O) groups is 2. The van der Waals surface area contributed by atoms with Gasteiger partial charge in [0.2, 0.25) is 11.8 Å². The van der Waals surface area contributed by atoms with Crippen LogP contribution in [-0.2, 0) is 9.59 Å². The lowest BCUT2D eigenvalue weighted by Crippen LogP contribution is -2.36. The minimum Gasteiger partial charge on any atom is -0.325 e. The highest BCUT2D eigenvalue weighted by Crippen LogP contribution is 2.48. The van der Waals surface area contributed by atoms with Crippen LogP contribution in [0.15, 0.2) is 42.5 Å². The average molecular weight is 354 g/mol. The number of hydrogen-bond donors (Lipinski definition) is 2. The molecule has 2 aromatic rings. The van der Waals surface area contributed by atoms with Gasteiger partial charge in [-0.1, -0.05) is 38.1 Å². The normalized spacial score (nSPS) is 14.8. The highest BCUT2D eigenvalue weighted by atomic mass is 19.1. The zero-order valence-electron chi connectivity index (χ0n) is 15.2. The van der Waals surface area contributed by atoms with Crippen LogP contribution in [0.1, 0.15) is 43.7 Å². The summed E-state index contributed by atoms with van der Waals surface area (Å²) in [6, 6.07) is 11.6. The van der Waals surface area contributed by atoms with Gasteiger partial charge in [0.05, 0.1) is 0 Å². The summed E-state index contributed by atoms with van der Waals surface area (Å²) in [5, 5.41) is 5.63. The molecule has 1 fully saturated rings. The maximum Gasteiger partial charge on any atom is 0.240 e. The van der Waals surface area contributed by atoms with Crippen molar-refractivity contribution >= 4 is 23.2 Å². The number of benzene rings is 2. The Morgan fingerprint density at radius 2 is 1.69 bits per heavy atom. The molecule has 2 N–H and O–H groups in total. The van der Waals surface area contributed by atoms with Crippen molar-refractivity contribution in [3.63, 3.8) is 0 Å². The first kappa shape index (κ1) is 18.1. The van der Waals surface area contributed by atoms with Gasteiger partial charge in [0.25, 0.3) is 0 Å². The minimum absolute atomic E-state index is 0.251. The van der Waals surface area contributed by atoms with Gasteiger partial charge in [-0.15, -0.1) is 0 Å². The topological polar surface area (TPSA) is 58.2 Å². The monoisotopic (exact) mass is 354 g/mol. The van der Waals surface area contributed by atoms with Crippen molar-refractivity contribution in [1.29, 1.82) is 0 Å². The Bertz CT molecular complexity index is 857. The van der Waals surface area contributed by atoms with Crippen molar-refractivity contribution in [2.75, 3.05) is 10.6 Å². The molecule has 2 amide bonds. The van der Waals surface area contributed by atoms with Crippen LogP contribution < -0.4 is 10.6 Å². The van der Waals surface area contributed by atoms with Crippen molar-refractivity contribution in [2.24, 2.45) is 5.41 Å². The molecule has 1 saturated carbocycles. The molecule has 0 unspecified atom stereocenters. The van der Waals surface area contributed by atoms with Gasteiger partial charge in [-0.25, -0.2) is 4.39 Å². The Kier molecular flexibility index (Phi) is 4.81. The highest BCUT2D eigenvalue weighted by molar-refractivity contribution is 6.17. The fourth-order valence-electron chi connectivity index (χ4n) is 3.07. The number of rotatable bonds is 5. The van der Waals surface area contributed by atoms with E-state index >= 15 is 0 Å². The van der Waals surface area contributed by atoms with Crippen molar-refractivity contribution in [1.82, 2.24) is 0 Å². The summed E-state index contributed by atoms with van der Waals surface area (Å²) in [5.74, 6) is -0.872. The van der Waals surface area contributed by atoms with E-state index in [1.165, 1.54) is 18.2 Å². The van der Waals surface area contributed by atoms with Gasteiger partial charge < -0.3 is 10.6 Å². The second-order valence-electron chi connectivity index (χ2n) is 7.19. The van der Waals surface area contributed by atoms with Crippen molar-refractivity contribution in [2.45, 2.75) is 39.5 Å². The predicted molar refractivity (Wildman–Crippen MR) is 101 cm³/mol. The molecule has 0 radical (unpaired) electrons. The molecule has 0 aliphatic heterocycles. The van der Waals surface area contributed by atoms with E-state index in [1.54, 1.807) is 6.07 Å². The highest BCUT2D eigenvalue weighted by Gasteiger charge is 2.56. The van der Waals surface area contributed by atoms with Crippen LogP contribution >= 0.6 is 0 Å². The van der Waals surface area contributed by atoms with E-state index in [2.05, 4.69) is 24.5 Å². The van der Waals surface area contributed by atoms with Crippen LogP contribution in [0.25, 0.3) is 0 Å². The first-order valence-electron chi connectivity index (χ1n) is 8.81. The van der Waals surface area contributed by atoms with E-state index in [-0.39, 0.29) is 17.7 Å². The van der Waals surface area contributed by atoms with Crippen molar-refractivity contribution in [3.05, 3.63) is 59.4 Å². The molecule has 1 aliphatic carbocycles. The van der Waals surface area contributed by atoms with Gasteiger partial charge in [0.1, 0.15) is 11.2 Å². The first-order valence-corrected chi connectivity index (χ1v) is 8.81. The van der Waals surface area contributed by atoms with Crippen LogP contribution in [0, 0.1) is 18.2 Å². The van der Waals surface area contributed by atoms with Gasteiger partial charge >= 0.3 is 0 Å². The number of aryl methyl sites for hydroxylation is 1. The molecule has 5 heteroatoms. The third-order valence-corrected chi connectivity index (χ3v) is 4.87. The molecule has 0 bridgehead atoms. The number of hydrogen-bond acceptors (Lipinski definition) is 2. The second-order valence-corrected chi connectivity index (χ2v) is 7.19. The fourth-order valence-corrected chi connectivity index (χ4v) is 3.07. The molecule has 0 atom stereocenters. The molecule has 0 spiro atoms. The van der Waals surface area contributed by atoms with Gasteiger partial charge in [-0.2, -0.15) is 0 Å². The first-order chi connectivity index (χ1) is 12.3. The maximum absolute atomic E-state index is 13.3. The Hall–Kier alpha value is -2.69. The van der Waals surface area contributed by atoms with Crippen molar-refractivity contribution < 1.29 is 14.0 Å². The molecule has 136 valence electrons. The smallest absolute Gasteiger partial charge is 0.240 e. The Balaban J connectivity index is 1.79.